The third kappa shape index (κ3) is 4.10. The predicted molar refractivity (Wildman–Crippen MR) is 87.5 cm³/mol. The Morgan fingerprint density at radius 3 is 2.63 bits per heavy atom. The average Bonchev–Trinajstić information content (AvgIpc) is 2.36. The van der Waals surface area contributed by atoms with Crippen molar-refractivity contribution in [3.05, 3.63) is 63.6 Å². The highest BCUT2D eigenvalue weighted by Crippen LogP contribution is 2.30. The van der Waals surface area contributed by atoms with Gasteiger partial charge in [-0.1, -0.05) is 51.8 Å². The molecule has 1 nitrogen and oxygen atoms in total. The molecule has 0 aromatic heterocycles. The van der Waals surface area contributed by atoms with Crippen molar-refractivity contribution in [2.75, 3.05) is 0 Å². The molecule has 0 amide bonds. The average molecular weight is 336 g/mol. The summed E-state index contributed by atoms with van der Waals surface area (Å²) in [4.78, 5) is 1.26. The largest absolute Gasteiger partial charge is 0.324 e. The summed E-state index contributed by atoms with van der Waals surface area (Å²) in [7, 11) is 0. The van der Waals surface area contributed by atoms with Crippen LogP contribution in [0.5, 0.6) is 0 Å². The highest BCUT2D eigenvalue weighted by molar-refractivity contribution is 9.10. The Morgan fingerprint density at radius 1 is 1.21 bits per heavy atom. The zero-order chi connectivity index (χ0) is 13.8. The molecule has 1 unspecified atom stereocenters. The molecule has 2 aromatic carbocycles. The van der Waals surface area contributed by atoms with Crippen LogP contribution in [0.25, 0.3) is 0 Å². The first kappa shape index (κ1) is 14.6. The van der Waals surface area contributed by atoms with Crippen LogP contribution < -0.4 is 5.73 Å². The Morgan fingerprint density at radius 2 is 2.00 bits per heavy atom. The van der Waals surface area contributed by atoms with Gasteiger partial charge in [-0.15, -0.1) is 11.8 Å². The molecule has 0 saturated carbocycles. The van der Waals surface area contributed by atoms with Crippen LogP contribution in [0.4, 0.5) is 0 Å². The molecular weight excluding hydrogens is 318 g/mol. The predicted octanol–water partition coefficient (Wildman–Crippen LogP) is 5.07. The molecule has 0 heterocycles. The van der Waals surface area contributed by atoms with Gasteiger partial charge in [-0.25, -0.2) is 0 Å². The maximum Gasteiger partial charge on any atom is 0.0277 e. The smallest absolute Gasteiger partial charge is 0.0277 e. The summed E-state index contributed by atoms with van der Waals surface area (Å²) in [5.74, 6) is 0.992. The van der Waals surface area contributed by atoms with Gasteiger partial charge in [0.05, 0.1) is 0 Å². The molecule has 3 heteroatoms. The van der Waals surface area contributed by atoms with E-state index in [0.717, 1.165) is 15.8 Å². The maximum atomic E-state index is 5.91. The summed E-state index contributed by atoms with van der Waals surface area (Å²) in [6.07, 6.45) is 0. The molecule has 0 fully saturated rings. The number of halogens is 1. The van der Waals surface area contributed by atoms with Gasteiger partial charge in [0, 0.05) is 21.2 Å². The van der Waals surface area contributed by atoms with Crippen molar-refractivity contribution in [2.24, 2.45) is 5.73 Å². The van der Waals surface area contributed by atoms with Crippen LogP contribution in [-0.2, 0) is 5.75 Å². The minimum absolute atomic E-state index is 0.0604. The summed E-state index contributed by atoms with van der Waals surface area (Å²) < 4.78 is 1.09. The van der Waals surface area contributed by atoms with Gasteiger partial charge in [-0.2, -0.15) is 0 Å². The Hall–Kier alpha value is -0.770. The van der Waals surface area contributed by atoms with Crippen LogP contribution in [0.15, 0.2) is 51.8 Å². The van der Waals surface area contributed by atoms with Gasteiger partial charge in [-0.3, -0.25) is 0 Å². The number of thioether (sulfide) groups is 1. The number of aryl methyl sites for hydroxylation is 1. The zero-order valence-corrected chi connectivity index (χ0v) is 13.6. The molecule has 0 aliphatic heterocycles. The summed E-state index contributed by atoms with van der Waals surface area (Å²) in [5.41, 5.74) is 9.73. The van der Waals surface area contributed by atoms with Crippen molar-refractivity contribution in [1.82, 2.24) is 0 Å². The summed E-state index contributed by atoms with van der Waals surface area (Å²) in [6, 6.07) is 15.1. The second-order valence-corrected chi connectivity index (χ2v) is 6.65. The first-order valence-corrected chi connectivity index (χ1v) is 8.07. The molecule has 0 radical (unpaired) electrons. The quantitative estimate of drug-likeness (QED) is 0.789. The van der Waals surface area contributed by atoms with Gasteiger partial charge in [0.1, 0.15) is 0 Å². The Balaban J connectivity index is 2.06. The van der Waals surface area contributed by atoms with Crippen LogP contribution >= 0.6 is 27.7 Å². The summed E-state index contributed by atoms with van der Waals surface area (Å²) in [6.45, 7) is 4.13. The Bertz CT molecular complexity index is 566. The van der Waals surface area contributed by atoms with Crippen molar-refractivity contribution >= 4 is 27.7 Å². The van der Waals surface area contributed by atoms with E-state index in [-0.39, 0.29) is 6.04 Å². The van der Waals surface area contributed by atoms with E-state index in [1.54, 1.807) is 0 Å². The van der Waals surface area contributed by atoms with E-state index in [9.17, 15) is 0 Å². The molecular formula is C16H18BrNS. The van der Waals surface area contributed by atoms with E-state index in [2.05, 4.69) is 65.3 Å². The lowest BCUT2D eigenvalue weighted by Gasteiger charge is -2.10. The zero-order valence-electron chi connectivity index (χ0n) is 11.2. The molecule has 2 N–H and O–H groups in total. The lowest BCUT2D eigenvalue weighted by molar-refractivity contribution is 0.811. The molecule has 0 aliphatic rings. The van der Waals surface area contributed by atoms with Gasteiger partial charge in [0.2, 0.25) is 0 Å². The van der Waals surface area contributed by atoms with Crippen LogP contribution in [0.3, 0.4) is 0 Å². The molecule has 0 spiro atoms. The summed E-state index contributed by atoms with van der Waals surface area (Å²) >= 11 is 5.44. The SMILES string of the molecule is Cc1cccc(CSc2ccc(C(C)N)c(Br)c2)c1. The van der Waals surface area contributed by atoms with Gasteiger partial charge in [0.25, 0.3) is 0 Å². The number of hydrogen-bond donors (Lipinski definition) is 1. The normalized spacial score (nSPS) is 12.4. The second kappa shape index (κ2) is 6.60. The van der Waals surface area contributed by atoms with Gasteiger partial charge in [0.15, 0.2) is 0 Å². The molecule has 2 aromatic rings. The number of nitrogens with two attached hydrogens (primary N) is 1. The van der Waals surface area contributed by atoms with E-state index < -0.39 is 0 Å². The number of benzene rings is 2. The standard InChI is InChI=1S/C16H18BrNS/c1-11-4-3-5-13(8-11)10-19-14-6-7-15(12(2)18)16(17)9-14/h3-9,12H,10,18H2,1-2H3. The minimum Gasteiger partial charge on any atom is -0.324 e. The highest BCUT2D eigenvalue weighted by atomic mass is 79.9. The van der Waals surface area contributed by atoms with Crippen LogP contribution in [0.2, 0.25) is 0 Å². The maximum absolute atomic E-state index is 5.91. The van der Waals surface area contributed by atoms with Crippen LogP contribution in [-0.4, -0.2) is 0 Å². The molecule has 100 valence electrons. The molecule has 1 atom stereocenters. The fraction of sp³-hybridized carbons (Fsp3) is 0.250. The van der Waals surface area contributed by atoms with Crippen molar-refractivity contribution in [3.63, 3.8) is 0 Å². The third-order valence-corrected chi connectivity index (χ3v) is 4.70. The van der Waals surface area contributed by atoms with E-state index in [1.165, 1.54) is 16.0 Å². The third-order valence-electron chi connectivity index (χ3n) is 2.95. The van der Waals surface area contributed by atoms with Crippen molar-refractivity contribution in [2.45, 2.75) is 30.5 Å². The number of hydrogen-bond acceptors (Lipinski definition) is 2. The van der Waals surface area contributed by atoms with Crippen LogP contribution in [0.1, 0.15) is 29.7 Å². The van der Waals surface area contributed by atoms with E-state index in [1.807, 2.05) is 18.7 Å². The molecule has 0 bridgehead atoms. The Kier molecular flexibility index (Phi) is 5.08. The Labute approximate surface area is 127 Å². The highest BCUT2D eigenvalue weighted by Gasteiger charge is 2.06. The molecule has 19 heavy (non-hydrogen) atoms. The van der Waals surface area contributed by atoms with Crippen molar-refractivity contribution in [1.29, 1.82) is 0 Å². The molecule has 0 aliphatic carbocycles. The first-order valence-electron chi connectivity index (χ1n) is 6.29. The topological polar surface area (TPSA) is 26.0 Å². The molecule has 0 saturated heterocycles. The lowest BCUT2D eigenvalue weighted by Crippen LogP contribution is -2.05. The monoisotopic (exact) mass is 335 g/mol. The van der Waals surface area contributed by atoms with Crippen molar-refractivity contribution < 1.29 is 0 Å². The first-order chi connectivity index (χ1) is 9.06. The molecule has 2 rings (SSSR count). The van der Waals surface area contributed by atoms with Gasteiger partial charge >= 0.3 is 0 Å². The van der Waals surface area contributed by atoms with E-state index >= 15 is 0 Å². The minimum atomic E-state index is 0.0604. The van der Waals surface area contributed by atoms with Crippen LogP contribution in [0, 0.1) is 6.92 Å². The van der Waals surface area contributed by atoms with Gasteiger partial charge < -0.3 is 5.73 Å². The van der Waals surface area contributed by atoms with E-state index in [4.69, 9.17) is 5.73 Å². The number of rotatable bonds is 4. The fourth-order valence-corrected chi connectivity index (χ4v) is 3.71. The second-order valence-electron chi connectivity index (χ2n) is 4.75. The lowest BCUT2D eigenvalue weighted by atomic mass is 10.1. The fourth-order valence-electron chi connectivity index (χ4n) is 1.94. The van der Waals surface area contributed by atoms with Gasteiger partial charge in [-0.05, 0) is 37.1 Å². The van der Waals surface area contributed by atoms with Crippen molar-refractivity contribution in [3.8, 4) is 0 Å². The van der Waals surface area contributed by atoms with E-state index in [0.29, 0.717) is 0 Å². The summed E-state index contributed by atoms with van der Waals surface area (Å²) in [5, 5.41) is 0.